The Labute approximate surface area is 592 Å². The maximum atomic E-state index is 14.9. The van der Waals surface area contributed by atoms with Crippen molar-refractivity contribution in [1.82, 2.24) is 52.8 Å². The number of nitrogens with zero attached hydrogens (tertiary/aromatic N) is 1. The summed E-state index contributed by atoms with van der Waals surface area (Å²) in [7, 11) is 0. The van der Waals surface area contributed by atoms with Gasteiger partial charge in [-0.2, -0.15) is 35.3 Å². The third kappa shape index (κ3) is 32.3. The molecule has 556 valence electrons. The standard InChI is InChI=1S/C64H98N14O19S3/c1-6-35(4)54-62(94)72-44(19-20-51(66)84)57(89)74-47(26-52(67)85)58(90)76-49(63(95)78-22-10-14-50(78)61(93)75-45(23-34(2)3)56(88)70-27-53(68)86)33-99-29-40(81)12-8-7-11-38(55(87)69-21-9-13-41(82)28-98-31-43(65)64(96)97)25-42(83)30-100-32-48(71-36(5)79)60(92)73-46(59(91)77-54)24-37-15-17-39(80)18-16-37/h15-18,34-35,38,43-50,54,80H,6-14,19-33,65H2,1-5H3,(H2,66,84)(H2,67,85)(H2,68,86)(H,69,87)(H,70,88)(H,71,79)(H,72,94)(H,73,92)(H,74,89)(H,75,93)(H,76,90)(H,77,91)(H,96,97)/t35-,38-,43-,44-,45-,46-,47-,48-,49-,50-,54-/m0/s1. The summed E-state index contributed by atoms with van der Waals surface area (Å²) in [5, 5.41) is 42.1. The molecule has 0 aliphatic carbocycles. The molecule has 19 N–H and O–H groups in total. The van der Waals surface area contributed by atoms with Gasteiger partial charge in [0, 0.05) is 75.3 Å². The molecule has 2 aliphatic heterocycles. The van der Waals surface area contributed by atoms with Gasteiger partial charge in [-0.15, -0.1) is 0 Å². The number of amides is 13. The number of likely N-dealkylation sites (tertiary alicyclic amines) is 1. The van der Waals surface area contributed by atoms with E-state index in [2.05, 4.69) is 47.9 Å². The van der Waals surface area contributed by atoms with Crippen LogP contribution in [0.25, 0.3) is 0 Å². The number of thioether (sulfide) groups is 3. The number of aliphatic carboxylic acids is 1. The first-order chi connectivity index (χ1) is 47.2. The maximum Gasteiger partial charge on any atom is 0.321 e. The van der Waals surface area contributed by atoms with Crippen molar-refractivity contribution in [3.63, 3.8) is 0 Å². The highest BCUT2D eigenvalue weighted by Crippen LogP contribution is 2.23. The zero-order chi connectivity index (χ0) is 74.8. The number of nitrogens with two attached hydrogens (primary N) is 4. The van der Waals surface area contributed by atoms with E-state index < -0.39 is 181 Å². The van der Waals surface area contributed by atoms with Crippen LogP contribution >= 0.6 is 35.3 Å². The van der Waals surface area contributed by atoms with E-state index in [1.54, 1.807) is 27.7 Å². The first-order valence-corrected chi connectivity index (χ1v) is 36.5. The molecule has 0 spiro atoms. The second-order valence-electron chi connectivity index (χ2n) is 25.1. The van der Waals surface area contributed by atoms with Crippen LogP contribution in [0.5, 0.6) is 5.75 Å². The third-order valence-electron chi connectivity index (χ3n) is 16.1. The summed E-state index contributed by atoms with van der Waals surface area (Å²) in [4.78, 5) is 230. The number of carbonyl (C=O) groups excluding carboxylic acids is 16. The number of ketones is 3. The molecule has 36 heteroatoms. The molecule has 100 heavy (non-hydrogen) atoms. The van der Waals surface area contributed by atoms with Crippen LogP contribution in [0.4, 0.5) is 0 Å². The van der Waals surface area contributed by atoms with Gasteiger partial charge in [0.2, 0.25) is 76.8 Å². The van der Waals surface area contributed by atoms with E-state index in [1.807, 2.05) is 0 Å². The molecule has 1 aromatic rings. The molecule has 0 unspecified atom stereocenters. The van der Waals surface area contributed by atoms with Gasteiger partial charge < -0.3 is 85.9 Å². The van der Waals surface area contributed by atoms with Gasteiger partial charge in [-0.3, -0.25) is 81.5 Å². The van der Waals surface area contributed by atoms with Gasteiger partial charge in [0.1, 0.15) is 77.5 Å². The van der Waals surface area contributed by atoms with Crippen LogP contribution in [-0.4, -0.2) is 224 Å². The van der Waals surface area contributed by atoms with Gasteiger partial charge in [0.05, 0.1) is 30.2 Å². The van der Waals surface area contributed by atoms with Crippen molar-refractivity contribution in [3.8, 4) is 5.75 Å². The predicted octanol–water partition coefficient (Wildman–Crippen LogP) is -3.03. The molecule has 2 heterocycles. The van der Waals surface area contributed by atoms with Gasteiger partial charge in [0.25, 0.3) is 0 Å². The van der Waals surface area contributed by atoms with E-state index in [0.29, 0.717) is 5.56 Å². The molecule has 0 radical (unpaired) electrons. The van der Waals surface area contributed by atoms with Gasteiger partial charge >= 0.3 is 5.97 Å². The summed E-state index contributed by atoms with van der Waals surface area (Å²) < 4.78 is 0. The Kier molecular flexibility index (Phi) is 38.4. The Morgan fingerprint density at radius 3 is 1.99 bits per heavy atom. The van der Waals surface area contributed by atoms with E-state index >= 15 is 0 Å². The summed E-state index contributed by atoms with van der Waals surface area (Å²) in [5.74, 6) is -17.1. The minimum atomic E-state index is -1.92. The molecule has 2 saturated heterocycles. The lowest BCUT2D eigenvalue weighted by Crippen LogP contribution is -2.61. The number of aromatic hydroxyl groups is 1. The minimum absolute atomic E-state index is 0.00584. The molecule has 0 saturated carbocycles. The van der Waals surface area contributed by atoms with Gasteiger partial charge in [-0.1, -0.05) is 52.7 Å². The van der Waals surface area contributed by atoms with Crippen LogP contribution in [0, 0.1) is 17.8 Å². The van der Waals surface area contributed by atoms with E-state index in [0.717, 1.165) is 47.1 Å². The second-order valence-corrected chi connectivity index (χ2v) is 28.2. The molecule has 1 aromatic carbocycles. The van der Waals surface area contributed by atoms with Crippen molar-refractivity contribution in [3.05, 3.63) is 29.8 Å². The van der Waals surface area contributed by atoms with Crippen LogP contribution < -0.4 is 70.8 Å². The number of phenolic OH excluding ortho intramolecular Hbond substituents is 1. The van der Waals surface area contributed by atoms with E-state index in [-0.39, 0.29) is 148 Å². The molecule has 3 rings (SSSR count). The number of hydrogen-bond acceptors (Lipinski definition) is 22. The second kappa shape index (κ2) is 44.7. The molecule has 33 nitrogen and oxygen atoms in total. The fourth-order valence-electron chi connectivity index (χ4n) is 10.6. The molecular weight excluding hydrogens is 1360 g/mol. The average molecular weight is 1460 g/mol. The number of primary amides is 3. The lowest BCUT2D eigenvalue weighted by atomic mass is 9.94. The van der Waals surface area contributed by atoms with Crippen LogP contribution in [0.3, 0.4) is 0 Å². The number of carboxylic acid groups (broad SMARTS) is 1. The van der Waals surface area contributed by atoms with Crippen molar-refractivity contribution < 1.29 is 91.7 Å². The van der Waals surface area contributed by atoms with E-state index in [4.69, 9.17) is 28.0 Å². The SMILES string of the molecule is CC[C@H](C)[C@@H]1NC(=O)[C@H](Cc2ccc(O)cc2)NC(=O)[C@@H](NC(C)=O)CSCC(=O)C[C@@H](C(=O)NCCCC(=O)CSC[C@H](N)C(=O)O)CCCCC(=O)CSC[C@@H](C(=O)N2CCC[C@H]2C(=O)N[C@@H](CC(C)C)C(=O)NCC(N)=O)NC(=O)[C@H](CC(N)=O)NC(=O)[C@H](CCC(N)=O)NC1=O. The number of carbonyl (C=O) groups is 17. The van der Waals surface area contributed by atoms with E-state index in [9.17, 15) is 86.6 Å². The number of nitrogens with one attached hydrogen (secondary N) is 9. The predicted molar refractivity (Wildman–Crippen MR) is 371 cm³/mol. The minimum Gasteiger partial charge on any atom is -0.508 e. The van der Waals surface area contributed by atoms with Crippen molar-refractivity contribution in [2.45, 2.75) is 185 Å². The van der Waals surface area contributed by atoms with E-state index in [1.165, 1.54) is 24.3 Å². The zero-order valence-corrected chi connectivity index (χ0v) is 59.5. The fraction of sp³-hybridized carbons (Fsp3) is 0.641. The van der Waals surface area contributed by atoms with Crippen LogP contribution in [0.1, 0.15) is 130 Å². The average Bonchev–Trinajstić information content (AvgIpc) is 1.58. The summed E-state index contributed by atoms with van der Waals surface area (Å²) in [6.07, 6.45) is -1.23. The number of phenols is 1. The number of hydrogen-bond donors (Lipinski definition) is 15. The lowest BCUT2D eigenvalue weighted by Gasteiger charge is -2.31. The quantitative estimate of drug-likeness (QED) is 0.0371. The summed E-state index contributed by atoms with van der Waals surface area (Å²) in [6, 6.07) is -7.70. The van der Waals surface area contributed by atoms with Crippen molar-refractivity contribution in [2.75, 3.05) is 54.2 Å². The van der Waals surface area contributed by atoms with Crippen LogP contribution in [-0.2, 0) is 87.9 Å². The molecule has 11 atom stereocenters. The Balaban J connectivity index is 2.14. The Hall–Kier alpha value is -8.38. The molecule has 2 fully saturated rings. The Bertz CT molecular complexity index is 3070. The van der Waals surface area contributed by atoms with Gasteiger partial charge in [-0.25, -0.2) is 0 Å². The maximum absolute atomic E-state index is 14.9. The highest BCUT2D eigenvalue weighted by molar-refractivity contribution is 8.00. The highest BCUT2D eigenvalue weighted by atomic mass is 32.2. The molecule has 2 aliphatic rings. The van der Waals surface area contributed by atoms with Crippen molar-refractivity contribution in [2.24, 2.45) is 40.7 Å². The largest absolute Gasteiger partial charge is 0.508 e. The fourth-order valence-corrected chi connectivity index (χ4v) is 13.3. The van der Waals surface area contributed by atoms with Crippen LogP contribution in [0.15, 0.2) is 24.3 Å². The molecule has 0 bridgehead atoms. The third-order valence-corrected chi connectivity index (χ3v) is 19.4. The number of carboxylic acids is 1. The number of rotatable bonds is 28. The normalized spacial score (nSPS) is 22.6. The molecular formula is C64H98N14O19S3. The lowest BCUT2D eigenvalue weighted by molar-refractivity contribution is -0.142. The summed E-state index contributed by atoms with van der Waals surface area (Å²) in [6.45, 7) is 7.41. The Morgan fingerprint density at radius 2 is 1.36 bits per heavy atom. The smallest absolute Gasteiger partial charge is 0.321 e. The van der Waals surface area contributed by atoms with Crippen molar-refractivity contribution >= 4 is 135 Å². The highest BCUT2D eigenvalue weighted by Gasteiger charge is 2.41. The van der Waals surface area contributed by atoms with Crippen LogP contribution in [0.2, 0.25) is 0 Å². The zero-order valence-electron chi connectivity index (χ0n) is 57.0. The number of benzene rings is 1. The summed E-state index contributed by atoms with van der Waals surface area (Å²) >= 11 is 2.89. The van der Waals surface area contributed by atoms with Gasteiger partial charge in [0.15, 0.2) is 0 Å². The molecule has 13 amide bonds. The monoisotopic (exact) mass is 1460 g/mol. The summed E-state index contributed by atoms with van der Waals surface area (Å²) in [5.41, 5.74) is 22.3. The van der Waals surface area contributed by atoms with Gasteiger partial charge in [-0.05, 0) is 74.5 Å². The number of Topliss-reactive ketones (excluding diaryl/α,β-unsaturated/α-hetero) is 3. The Morgan fingerprint density at radius 1 is 0.720 bits per heavy atom. The first-order valence-electron chi connectivity index (χ1n) is 33.0. The van der Waals surface area contributed by atoms with Crippen molar-refractivity contribution in [1.29, 1.82) is 0 Å². The topological polar surface area (TPSA) is 546 Å². The first kappa shape index (κ1) is 85.8. The molecule has 0 aromatic heterocycles.